The molecule has 0 saturated carbocycles. The van der Waals surface area contributed by atoms with Crippen molar-refractivity contribution >= 4 is 0 Å². The van der Waals surface area contributed by atoms with Crippen LogP contribution in [-0.2, 0) is 0 Å². The standard InChI is InChI=1S/C8H10FNO/c1-3-11-8-7(9)6(2)4-5-10-8/h4-5H,3H2,1-2H3. The molecule has 0 unspecified atom stereocenters. The molecule has 3 heteroatoms. The van der Waals surface area contributed by atoms with Crippen LogP contribution in [0.4, 0.5) is 4.39 Å². The van der Waals surface area contributed by atoms with Gasteiger partial charge in [-0.25, -0.2) is 9.37 Å². The highest BCUT2D eigenvalue weighted by atomic mass is 19.1. The summed E-state index contributed by atoms with van der Waals surface area (Å²) in [4.78, 5) is 3.73. The molecule has 1 rings (SSSR count). The Kier molecular flexibility index (Phi) is 2.41. The highest BCUT2D eigenvalue weighted by molar-refractivity contribution is 5.21. The monoisotopic (exact) mass is 155 g/mol. The molecule has 0 spiro atoms. The van der Waals surface area contributed by atoms with E-state index in [4.69, 9.17) is 4.74 Å². The normalized spacial score (nSPS) is 9.73. The lowest BCUT2D eigenvalue weighted by atomic mass is 10.3. The Morgan fingerprint density at radius 3 is 3.00 bits per heavy atom. The van der Waals surface area contributed by atoms with E-state index in [1.165, 1.54) is 6.20 Å². The molecule has 60 valence electrons. The summed E-state index contributed by atoms with van der Waals surface area (Å²) in [5, 5.41) is 0. The Hall–Kier alpha value is -1.12. The Balaban J connectivity index is 2.96. The highest BCUT2D eigenvalue weighted by Gasteiger charge is 2.05. The van der Waals surface area contributed by atoms with Gasteiger partial charge in [0.2, 0.25) is 0 Å². The molecule has 0 saturated heterocycles. The summed E-state index contributed by atoms with van der Waals surface area (Å²) in [6.07, 6.45) is 1.53. The molecule has 0 bridgehead atoms. The molecule has 1 heterocycles. The SMILES string of the molecule is CCOc1nccc(C)c1F. The van der Waals surface area contributed by atoms with Crippen LogP contribution < -0.4 is 4.74 Å². The molecule has 2 nitrogen and oxygen atoms in total. The van der Waals surface area contributed by atoms with Crippen LogP contribution in [-0.4, -0.2) is 11.6 Å². The van der Waals surface area contributed by atoms with Gasteiger partial charge < -0.3 is 4.74 Å². The lowest BCUT2D eigenvalue weighted by Crippen LogP contribution is -1.98. The van der Waals surface area contributed by atoms with E-state index >= 15 is 0 Å². The molecular formula is C8H10FNO. The van der Waals surface area contributed by atoms with Crippen LogP contribution in [0.3, 0.4) is 0 Å². The lowest BCUT2D eigenvalue weighted by Gasteiger charge is -2.03. The second kappa shape index (κ2) is 3.32. The fourth-order valence-corrected chi connectivity index (χ4v) is 0.753. The van der Waals surface area contributed by atoms with Gasteiger partial charge >= 0.3 is 0 Å². The van der Waals surface area contributed by atoms with Crippen LogP contribution in [0.5, 0.6) is 5.88 Å². The van der Waals surface area contributed by atoms with Crippen LogP contribution in [0.25, 0.3) is 0 Å². The van der Waals surface area contributed by atoms with E-state index in [1.54, 1.807) is 19.9 Å². The number of hydrogen-bond acceptors (Lipinski definition) is 2. The number of pyridine rings is 1. The van der Waals surface area contributed by atoms with Gasteiger partial charge in [0.05, 0.1) is 6.61 Å². The minimum absolute atomic E-state index is 0.0903. The number of aryl methyl sites for hydroxylation is 1. The predicted molar refractivity (Wildman–Crippen MR) is 40.1 cm³/mol. The van der Waals surface area contributed by atoms with Gasteiger partial charge in [-0.2, -0.15) is 0 Å². The first-order chi connectivity index (χ1) is 5.25. The third-order valence-corrected chi connectivity index (χ3v) is 1.33. The first-order valence-electron chi connectivity index (χ1n) is 3.49. The van der Waals surface area contributed by atoms with Crippen molar-refractivity contribution in [3.63, 3.8) is 0 Å². The predicted octanol–water partition coefficient (Wildman–Crippen LogP) is 1.93. The third-order valence-electron chi connectivity index (χ3n) is 1.33. The van der Waals surface area contributed by atoms with E-state index in [9.17, 15) is 4.39 Å². The summed E-state index contributed by atoms with van der Waals surface area (Å²) in [6, 6.07) is 1.61. The van der Waals surface area contributed by atoms with E-state index in [0.29, 0.717) is 12.2 Å². The number of aromatic nitrogens is 1. The zero-order valence-electron chi connectivity index (χ0n) is 6.60. The van der Waals surface area contributed by atoms with E-state index in [1.807, 2.05) is 0 Å². The van der Waals surface area contributed by atoms with Crippen LogP contribution >= 0.6 is 0 Å². The fraction of sp³-hybridized carbons (Fsp3) is 0.375. The molecular weight excluding hydrogens is 145 g/mol. The molecule has 1 aromatic heterocycles. The number of hydrogen-bond donors (Lipinski definition) is 0. The van der Waals surface area contributed by atoms with Crippen molar-refractivity contribution in [2.24, 2.45) is 0 Å². The maximum atomic E-state index is 13.0. The zero-order chi connectivity index (χ0) is 8.27. The molecule has 11 heavy (non-hydrogen) atoms. The second-order valence-corrected chi connectivity index (χ2v) is 2.18. The minimum Gasteiger partial charge on any atom is -0.476 e. The quantitative estimate of drug-likeness (QED) is 0.651. The van der Waals surface area contributed by atoms with Crippen molar-refractivity contribution < 1.29 is 9.13 Å². The summed E-state index contributed by atoms with van der Waals surface area (Å²) in [5.41, 5.74) is 0.559. The van der Waals surface area contributed by atoms with Gasteiger partial charge in [0, 0.05) is 6.20 Å². The van der Waals surface area contributed by atoms with Crippen LogP contribution in [0, 0.1) is 12.7 Å². The van der Waals surface area contributed by atoms with E-state index < -0.39 is 0 Å². The molecule has 0 aliphatic rings. The highest BCUT2D eigenvalue weighted by Crippen LogP contribution is 2.15. The summed E-state index contributed by atoms with van der Waals surface area (Å²) in [7, 11) is 0. The van der Waals surface area contributed by atoms with Gasteiger partial charge in [0.15, 0.2) is 5.82 Å². The molecule has 0 aliphatic heterocycles. The van der Waals surface area contributed by atoms with Crippen molar-refractivity contribution in [1.82, 2.24) is 4.98 Å². The molecule has 0 fully saturated rings. The molecule has 0 N–H and O–H groups in total. The van der Waals surface area contributed by atoms with Crippen LogP contribution in [0.2, 0.25) is 0 Å². The van der Waals surface area contributed by atoms with Gasteiger partial charge in [0.25, 0.3) is 5.88 Å². The molecule has 0 aromatic carbocycles. The van der Waals surface area contributed by atoms with Crippen molar-refractivity contribution in [2.45, 2.75) is 13.8 Å². The van der Waals surface area contributed by atoms with Crippen LogP contribution in [0.15, 0.2) is 12.3 Å². The molecule has 0 atom stereocenters. The number of nitrogens with zero attached hydrogens (tertiary/aromatic N) is 1. The van der Waals surface area contributed by atoms with Gasteiger partial charge in [-0.05, 0) is 25.5 Å². The fourth-order valence-electron chi connectivity index (χ4n) is 0.753. The van der Waals surface area contributed by atoms with E-state index in [2.05, 4.69) is 4.98 Å². The Bertz CT molecular complexity index is 250. The number of rotatable bonds is 2. The van der Waals surface area contributed by atoms with Crippen molar-refractivity contribution in [3.8, 4) is 5.88 Å². The largest absolute Gasteiger partial charge is 0.476 e. The van der Waals surface area contributed by atoms with Gasteiger partial charge in [-0.15, -0.1) is 0 Å². The third kappa shape index (κ3) is 1.67. The summed E-state index contributed by atoms with van der Waals surface area (Å²) in [5.74, 6) is -0.276. The second-order valence-electron chi connectivity index (χ2n) is 2.18. The zero-order valence-corrected chi connectivity index (χ0v) is 6.60. The molecule has 0 radical (unpaired) electrons. The summed E-state index contributed by atoms with van der Waals surface area (Å²) < 4.78 is 17.9. The number of ether oxygens (including phenoxy) is 1. The maximum absolute atomic E-state index is 13.0. The average molecular weight is 155 g/mol. The topological polar surface area (TPSA) is 22.1 Å². The summed E-state index contributed by atoms with van der Waals surface area (Å²) in [6.45, 7) is 3.91. The first-order valence-corrected chi connectivity index (χ1v) is 3.49. The molecule has 0 amide bonds. The smallest absolute Gasteiger partial charge is 0.250 e. The van der Waals surface area contributed by atoms with Crippen molar-refractivity contribution in [1.29, 1.82) is 0 Å². The van der Waals surface area contributed by atoms with Gasteiger partial charge in [-0.1, -0.05) is 0 Å². The van der Waals surface area contributed by atoms with Gasteiger partial charge in [0.1, 0.15) is 0 Å². The van der Waals surface area contributed by atoms with E-state index in [0.717, 1.165) is 0 Å². The van der Waals surface area contributed by atoms with Crippen molar-refractivity contribution in [3.05, 3.63) is 23.6 Å². The minimum atomic E-state index is -0.366. The lowest BCUT2D eigenvalue weighted by molar-refractivity contribution is 0.306. The van der Waals surface area contributed by atoms with E-state index in [-0.39, 0.29) is 11.7 Å². The summed E-state index contributed by atoms with van der Waals surface area (Å²) >= 11 is 0. The Morgan fingerprint density at radius 2 is 2.36 bits per heavy atom. The van der Waals surface area contributed by atoms with Crippen molar-refractivity contribution in [2.75, 3.05) is 6.61 Å². The van der Waals surface area contributed by atoms with Gasteiger partial charge in [-0.3, -0.25) is 0 Å². The average Bonchev–Trinajstić information content (AvgIpc) is 1.99. The molecule has 1 aromatic rings. The van der Waals surface area contributed by atoms with Crippen LogP contribution in [0.1, 0.15) is 12.5 Å². The Morgan fingerprint density at radius 1 is 1.64 bits per heavy atom. The molecule has 0 aliphatic carbocycles. The first kappa shape index (κ1) is 7.98. The number of halogens is 1. The maximum Gasteiger partial charge on any atom is 0.250 e. The Labute approximate surface area is 65.0 Å².